The SMILES string of the molecule is COCCN1CCC(C(N)=S)CC1. The van der Waals surface area contributed by atoms with E-state index in [1.807, 2.05) is 0 Å². The number of piperidine rings is 1. The van der Waals surface area contributed by atoms with Gasteiger partial charge in [0.2, 0.25) is 0 Å². The molecule has 1 aliphatic heterocycles. The van der Waals surface area contributed by atoms with Crippen molar-refractivity contribution in [2.24, 2.45) is 11.7 Å². The van der Waals surface area contributed by atoms with Gasteiger partial charge in [0.1, 0.15) is 0 Å². The fourth-order valence-corrected chi connectivity index (χ4v) is 1.90. The Labute approximate surface area is 85.2 Å². The largest absolute Gasteiger partial charge is 0.393 e. The Morgan fingerprint density at radius 1 is 1.54 bits per heavy atom. The quantitative estimate of drug-likeness (QED) is 0.679. The van der Waals surface area contributed by atoms with Crippen molar-refractivity contribution in [1.82, 2.24) is 4.90 Å². The van der Waals surface area contributed by atoms with Crippen molar-refractivity contribution in [3.05, 3.63) is 0 Å². The monoisotopic (exact) mass is 202 g/mol. The fourth-order valence-electron chi connectivity index (χ4n) is 1.66. The van der Waals surface area contributed by atoms with E-state index in [0.717, 1.165) is 39.1 Å². The maximum absolute atomic E-state index is 5.60. The van der Waals surface area contributed by atoms with Gasteiger partial charge in [-0.05, 0) is 25.9 Å². The molecule has 0 amide bonds. The molecular weight excluding hydrogens is 184 g/mol. The molecule has 1 aliphatic rings. The number of ether oxygens (including phenoxy) is 1. The topological polar surface area (TPSA) is 38.5 Å². The van der Waals surface area contributed by atoms with E-state index in [4.69, 9.17) is 22.7 Å². The highest BCUT2D eigenvalue weighted by Gasteiger charge is 2.20. The van der Waals surface area contributed by atoms with Gasteiger partial charge in [-0.25, -0.2) is 0 Å². The first-order valence-electron chi connectivity index (χ1n) is 4.74. The van der Waals surface area contributed by atoms with Crippen LogP contribution in [0.25, 0.3) is 0 Å². The van der Waals surface area contributed by atoms with E-state index in [0.29, 0.717) is 10.9 Å². The number of hydrogen-bond donors (Lipinski definition) is 1. The third kappa shape index (κ3) is 3.58. The Bertz CT molecular complexity index is 167. The molecule has 0 bridgehead atoms. The molecule has 1 rings (SSSR count). The summed E-state index contributed by atoms with van der Waals surface area (Å²) in [4.78, 5) is 3.09. The number of nitrogens with two attached hydrogens (primary N) is 1. The number of thiocarbonyl (C=S) groups is 1. The molecule has 1 heterocycles. The predicted molar refractivity (Wildman–Crippen MR) is 57.8 cm³/mol. The van der Waals surface area contributed by atoms with Crippen LogP contribution in [0.15, 0.2) is 0 Å². The minimum atomic E-state index is 0.466. The van der Waals surface area contributed by atoms with Gasteiger partial charge in [-0.1, -0.05) is 12.2 Å². The molecule has 2 N–H and O–H groups in total. The molecule has 0 atom stereocenters. The van der Waals surface area contributed by atoms with E-state index in [1.165, 1.54) is 0 Å². The molecule has 13 heavy (non-hydrogen) atoms. The lowest BCUT2D eigenvalue weighted by Gasteiger charge is -2.30. The Morgan fingerprint density at radius 2 is 2.15 bits per heavy atom. The van der Waals surface area contributed by atoms with Crippen LogP contribution >= 0.6 is 12.2 Å². The van der Waals surface area contributed by atoms with Crippen LogP contribution in [0.1, 0.15) is 12.8 Å². The van der Waals surface area contributed by atoms with E-state index in [-0.39, 0.29) is 0 Å². The molecule has 3 nitrogen and oxygen atoms in total. The van der Waals surface area contributed by atoms with Gasteiger partial charge < -0.3 is 15.4 Å². The summed E-state index contributed by atoms with van der Waals surface area (Å²) in [7, 11) is 1.74. The van der Waals surface area contributed by atoms with E-state index >= 15 is 0 Å². The highest BCUT2D eigenvalue weighted by Crippen LogP contribution is 2.16. The van der Waals surface area contributed by atoms with Gasteiger partial charge in [-0.2, -0.15) is 0 Å². The lowest BCUT2D eigenvalue weighted by molar-refractivity contribution is 0.129. The van der Waals surface area contributed by atoms with E-state index < -0.39 is 0 Å². The number of likely N-dealkylation sites (tertiary alicyclic amines) is 1. The van der Waals surface area contributed by atoms with Gasteiger partial charge >= 0.3 is 0 Å². The molecule has 0 unspecified atom stereocenters. The average molecular weight is 202 g/mol. The smallest absolute Gasteiger partial charge is 0.0759 e. The van der Waals surface area contributed by atoms with Crippen LogP contribution in [0.5, 0.6) is 0 Å². The van der Waals surface area contributed by atoms with Gasteiger partial charge in [-0.15, -0.1) is 0 Å². The molecule has 0 aliphatic carbocycles. The molecule has 0 spiro atoms. The Kier molecular flexibility index (Phi) is 4.62. The highest BCUT2D eigenvalue weighted by molar-refractivity contribution is 7.80. The summed E-state index contributed by atoms with van der Waals surface area (Å²) < 4.78 is 5.03. The second kappa shape index (κ2) is 5.52. The second-order valence-electron chi connectivity index (χ2n) is 3.51. The van der Waals surface area contributed by atoms with Crippen LogP contribution < -0.4 is 5.73 Å². The van der Waals surface area contributed by atoms with Crippen LogP contribution in [-0.2, 0) is 4.74 Å². The van der Waals surface area contributed by atoms with E-state index in [9.17, 15) is 0 Å². The number of nitrogens with zero attached hydrogens (tertiary/aromatic N) is 1. The van der Waals surface area contributed by atoms with Crippen molar-refractivity contribution >= 4 is 17.2 Å². The molecule has 1 fully saturated rings. The maximum Gasteiger partial charge on any atom is 0.0759 e. The van der Waals surface area contributed by atoms with Crippen molar-refractivity contribution in [1.29, 1.82) is 0 Å². The van der Waals surface area contributed by atoms with Crippen molar-refractivity contribution in [2.75, 3.05) is 33.4 Å². The van der Waals surface area contributed by atoms with Crippen molar-refractivity contribution in [3.63, 3.8) is 0 Å². The summed E-state index contributed by atoms with van der Waals surface area (Å²) in [5, 5.41) is 0. The molecule has 0 aromatic heterocycles. The third-order valence-electron chi connectivity index (χ3n) is 2.60. The first kappa shape index (κ1) is 10.9. The first-order valence-corrected chi connectivity index (χ1v) is 5.15. The number of rotatable bonds is 4. The Morgan fingerprint density at radius 3 is 2.62 bits per heavy atom. The summed E-state index contributed by atoms with van der Waals surface area (Å²) >= 11 is 4.98. The summed E-state index contributed by atoms with van der Waals surface area (Å²) in [5.41, 5.74) is 5.60. The second-order valence-corrected chi connectivity index (χ2v) is 3.98. The first-order chi connectivity index (χ1) is 6.24. The zero-order valence-electron chi connectivity index (χ0n) is 8.16. The molecule has 4 heteroatoms. The van der Waals surface area contributed by atoms with Gasteiger partial charge in [0.25, 0.3) is 0 Å². The molecule has 1 saturated heterocycles. The van der Waals surface area contributed by atoms with Gasteiger partial charge in [-0.3, -0.25) is 0 Å². The molecular formula is C9H18N2OS. The van der Waals surface area contributed by atoms with Gasteiger partial charge in [0.15, 0.2) is 0 Å². The molecule has 0 aromatic carbocycles. The molecule has 76 valence electrons. The zero-order chi connectivity index (χ0) is 9.68. The average Bonchev–Trinajstić information content (AvgIpc) is 2.15. The van der Waals surface area contributed by atoms with Crippen molar-refractivity contribution in [3.8, 4) is 0 Å². The zero-order valence-corrected chi connectivity index (χ0v) is 8.98. The van der Waals surface area contributed by atoms with Crippen LogP contribution in [0.3, 0.4) is 0 Å². The minimum absolute atomic E-state index is 0.466. The maximum atomic E-state index is 5.60. The van der Waals surface area contributed by atoms with Crippen molar-refractivity contribution < 1.29 is 4.74 Å². The van der Waals surface area contributed by atoms with E-state index in [2.05, 4.69) is 4.90 Å². The summed E-state index contributed by atoms with van der Waals surface area (Å²) in [6.07, 6.45) is 2.22. The van der Waals surface area contributed by atoms with Crippen LogP contribution in [0.2, 0.25) is 0 Å². The van der Waals surface area contributed by atoms with E-state index in [1.54, 1.807) is 7.11 Å². The molecule has 0 radical (unpaired) electrons. The van der Waals surface area contributed by atoms with Gasteiger partial charge in [0, 0.05) is 19.6 Å². The number of hydrogen-bond acceptors (Lipinski definition) is 3. The Hall–Kier alpha value is -0.190. The number of methoxy groups -OCH3 is 1. The molecule has 0 aromatic rings. The Balaban J connectivity index is 2.18. The minimum Gasteiger partial charge on any atom is -0.393 e. The van der Waals surface area contributed by atoms with Crippen molar-refractivity contribution in [2.45, 2.75) is 12.8 Å². The predicted octanol–water partition coefficient (Wildman–Crippen LogP) is 0.631. The van der Waals surface area contributed by atoms with Gasteiger partial charge in [0.05, 0.1) is 11.6 Å². The fraction of sp³-hybridized carbons (Fsp3) is 0.889. The van der Waals surface area contributed by atoms with Crippen LogP contribution in [0.4, 0.5) is 0 Å². The lowest BCUT2D eigenvalue weighted by Crippen LogP contribution is -2.39. The van der Waals surface area contributed by atoms with Crippen LogP contribution in [0, 0.1) is 5.92 Å². The summed E-state index contributed by atoms with van der Waals surface area (Å²) in [5.74, 6) is 0.466. The highest BCUT2D eigenvalue weighted by atomic mass is 32.1. The summed E-state index contributed by atoms with van der Waals surface area (Å²) in [6.45, 7) is 4.05. The van der Waals surface area contributed by atoms with Crippen LogP contribution in [-0.4, -0.2) is 43.2 Å². The summed E-state index contributed by atoms with van der Waals surface area (Å²) in [6, 6.07) is 0. The third-order valence-corrected chi connectivity index (χ3v) is 2.93. The molecule has 0 saturated carbocycles. The standard InChI is InChI=1S/C9H18N2OS/c1-12-7-6-11-4-2-8(3-5-11)9(10)13/h8H,2-7H2,1H3,(H2,10,13). The lowest BCUT2D eigenvalue weighted by atomic mass is 9.97. The normalized spacial score (nSPS) is 20.4.